The van der Waals surface area contributed by atoms with Gasteiger partial charge in [0.25, 0.3) is 5.69 Å². The summed E-state index contributed by atoms with van der Waals surface area (Å²) in [5.74, 6) is 0.201. The van der Waals surface area contributed by atoms with Crippen molar-refractivity contribution in [3.05, 3.63) is 62.6 Å². The van der Waals surface area contributed by atoms with Crippen molar-refractivity contribution in [2.45, 2.75) is 5.16 Å². The average Bonchev–Trinajstić information content (AvgIpc) is 3.01. The number of halogens is 2. The third-order valence-electron chi connectivity index (χ3n) is 3.70. The minimum Gasteiger partial charge on any atom is -0.320 e. The van der Waals surface area contributed by atoms with Gasteiger partial charge in [-0.1, -0.05) is 35.0 Å². The van der Waals surface area contributed by atoms with Gasteiger partial charge in [0.05, 0.1) is 10.7 Å². The molecule has 0 fully saturated rings. The monoisotopic (exact) mass is 437 g/mol. The van der Waals surface area contributed by atoms with Crippen LogP contribution in [0.3, 0.4) is 0 Å². The van der Waals surface area contributed by atoms with Crippen LogP contribution < -0.4 is 5.32 Å². The van der Waals surface area contributed by atoms with Crippen LogP contribution in [0, 0.1) is 10.1 Å². The number of rotatable bonds is 6. The number of thioether (sulfide) groups is 1. The molecule has 8 nitrogen and oxygen atoms in total. The van der Waals surface area contributed by atoms with Crippen LogP contribution >= 0.6 is 35.0 Å². The van der Waals surface area contributed by atoms with E-state index in [1.165, 1.54) is 18.2 Å². The number of nitro benzene ring substituents is 1. The summed E-state index contributed by atoms with van der Waals surface area (Å²) in [6.07, 6.45) is 0. The van der Waals surface area contributed by atoms with E-state index in [0.29, 0.717) is 16.0 Å². The van der Waals surface area contributed by atoms with Crippen molar-refractivity contribution < 1.29 is 9.72 Å². The van der Waals surface area contributed by atoms with E-state index in [1.807, 2.05) is 12.1 Å². The Hall–Kier alpha value is -2.62. The van der Waals surface area contributed by atoms with Crippen LogP contribution in [0.4, 0.5) is 11.4 Å². The summed E-state index contributed by atoms with van der Waals surface area (Å²) in [5, 5.41) is 23.2. The van der Waals surface area contributed by atoms with E-state index in [-0.39, 0.29) is 22.2 Å². The summed E-state index contributed by atoms with van der Waals surface area (Å²) in [4.78, 5) is 22.7. The van der Waals surface area contributed by atoms with Crippen molar-refractivity contribution in [2.75, 3.05) is 11.1 Å². The Morgan fingerprint density at radius 1 is 1.18 bits per heavy atom. The minimum atomic E-state index is -0.583. The molecule has 2 aromatic carbocycles. The predicted molar refractivity (Wildman–Crippen MR) is 109 cm³/mol. The van der Waals surface area contributed by atoms with Crippen molar-refractivity contribution in [1.82, 2.24) is 14.8 Å². The number of aromatic nitrogens is 3. The molecule has 1 aromatic heterocycles. The van der Waals surface area contributed by atoms with Crippen LogP contribution in [0.15, 0.2) is 47.6 Å². The molecule has 11 heteroatoms. The second-order valence-corrected chi connectivity index (χ2v) is 7.44. The van der Waals surface area contributed by atoms with Crippen LogP contribution in [0.1, 0.15) is 0 Å². The fraction of sp³-hybridized carbons (Fsp3) is 0.118. The van der Waals surface area contributed by atoms with E-state index in [0.717, 1.165) is 17.3 Å². The van der Waals surface area contributed by atoms with Gasteiger partial charge in [0.15, 0.2) is 11.0 Å². The van der Waals surface area contributed by atoms with Gasteiger partial charge in [0, 0.05) is 28.7 Å². The molecule has 1 amide bonds. The molecule has 0 spiro atoms. The maximum Gasteiger partial charge on any atom is 0.292 e. The topological polar surface area (TPSA) is 103 Å². The Morgan fingerprint density at radius 3 is 2.54 bits per heavy atom. The molecule has 0 saturated carbocycles. The first-order valence-corrected chi connectivity index (χ1v) is 9.61. The van der Waals surface area contributed by atoms with E-state index < -0.39 is 10.8 Å². The lowest BCUT2D eigenvalue weighted by atomic mass is 10.2. The van der Waals surface area contributed by atoms with Gasteiger partial charge in [-0.15, -0.1) is 10.2 Å². The number of benzene rings is 2. The van der Waals surface area contributed by atoms with E-state index >= 15 is 0 Å². The molecule has 3 aromatic rings. The number of nitrogens with one attached hydrogen (secondary N) is 1. The predicted octanol–water partition coefficient (Wildman–Crippen LogP) is 4.43. The number of nitro groups is 1. The highest BCUT2D eigenvalue weighted by molar-refractivity contribution is 7.99. The summed E-state index contributed by atoms with van der Waals surface area (Å²) < 4.78 is 1.75. The van der Waals surface area contributed by atoms with Gasteiger partial charge in [-0.3, -0.25) is 14.9 Å². The molecule has 3 rings (SSSR count). The van der Waals surface area contributed by atoms with Gasteiger partial charge in [0.2, 0.25) is 5.91 Å². The Morgan fingerprint density at radius 2 is 1.86 bits per heavy atom. The van der Waals surface area contributed by atoms with Crippen LogP contribution in [0.5, 0.6) is 0 Å². The van der Waals surface area contributed by atoms with Crippen molar-refractivity contribution in [3.63, 3.8) is 0 Å². The van der Waals surface area contributed by atoms with Gasteiger partial charge in [-0.05, 0) is 36.4 Å². The zero-order valence-corrected chi connectivity index (χ0v) is 16.8. The molecule has 1 N–H and O–H groups in total. The highest BCUT2D eigenvalue weighted by atomic mass is 35.5. The Labute approximate surface area is 174 Å². The standard InChI is InChI=1S/C17H13Cl2N5O3S/c1-23-16(10-2-4-11(18)5-3-10)21-22-17(23)28-9-15(25)20-13-8-12(19)6-7-14(13)24(26)27/h2-8H,9H2,1H3,(H,20,25). The molecule has 0 bridgehead atoms. The summed E-state index contributed by atoms with van der Waals surface area (Å²) in [5.41, 5.74) is 0.652. The summed E-state index contributed by atoms with van der Waals surface area (Å²) >= 11 is 12.9. The number of carbonyl (C=O) groups is 1. The largest absolute Gasteiger partial charge is 0.320 e. The van der Waals surface area contributed by atoms with E-state index in [9.17, 15) is 14.9 Å². The van der Waals surface area contributed by atoms with Gasteiger partial charge >= 0.3 is 0 Å². The summed E-state index contributed by atoms with van der Waals surface area (Å²) in [6, 6.07) is 11.1. The SMILES string of the molecule is Cn1c(SCC(=O)Nc2cc(Cl)ccc2[N+](=O)[O-])nnc1-c1ccc(Cl)cc1. The summed E-state index contributed by atoms with van der Waals surface area (Å²) in [6.45, 7) is 0. The minimum absolute atomic E-state index is 0.00371. The van der Waals surface area contributed by atoms with Gasteiger partial charge in [-0.25, -0.2) is 0 Å². The van der Waals surface area contributed by atoms with Crippen LogP contribution in [0.25, 0.3) is 11.4 Å². The molecule has 0 saturated heterocycles. The van der Waals surface area contributed by atoms with Gasteiger partial charge in [0.1, 0.15) is 5.69 Å². The van der Waals surface area contributed by atoms with Crippen molar-refractivity contribution in [3.8, 4) is 11.4 Å². The molecule has 1 heterocycles. The van der Waals surface area contributed by atoms with Crippen LogP contribution in [0.2, 0.25) is 10.0 Å². The molecule has 0 radical (unpaired) electrons. The lowest BCUT2D eigenvalue weighted by Gasteiger charge is -2.07. The third kappa shape index (κ3) is 4.61. The molecular weight excluding hydrogens is 425 g/mol. The number of hydrogen-bond acceptors (Lipinski definition) is 6. The Bertz CT molecular complexity index is 1040. The van der Waals surface area contributed by atoms with E-state index in [4.69, 9.17) is 23.2 Å². The van der Waals surface area contributed by atoms with Crippen molar-refractivity contribution in [2.24, 2.45) is 7.05 Å². The fourth-order valence-electron chi connectivity index (χ4n) is 2.37. The van der Waals surface area contributed by atoms with Crippen LogP contribution in [-0.4, -0.2) is 31.3 Å². The zero-order chi connectivity index (χ0) is 20.3. The zero-order valence-electron chi connectivity index (χ0n) is 14.4. The maximum absolute atomic E-state index is 12.2. The molecular formula is C17H13Cl2N5O3S. The van der Waals surface area contributed by atoms with Crippen LogP contribution in [-0.2, 0) is 11.8 Å². The molecule has 0 unspecified atom stereocenters. The lowest BCUT2D eigenvalue weighted by Crippen LogP contribution is -2.15. The first-order valence-electron chi connectivity index (χ1n) is 7.87. The van der Waals surface area contributed by atoms with Gasteiger partial charge in [-0.2, -0.15) is 0 Å². The van der Waals surface area contributed by atoms with Crippen molar-refractivity contribution in [1.29, 1.82) is 0 Å². The fourth-order valence-corrected chi connectivity index (χ4v) is 3.38. The van der Waals surface area contributed by atoms with E-state index in [2.05, 4.69) is 15.5 Å². The molecule has 0 aliphatic heterocycles. The highest BCUT2D eigenvalue weighted by Gasteiger charge is 2.18. The third-order valence-corrected chi connectivity index (χ3v) is 5.21. The molecule has 0 aliphatic rings. The number of carbonyl (C=O) groups excluding carboxylic acids is 1. The highest BCUT2D eigenvalue weighted by Crippen LogP contribution is 2.28. The first kappa shape index (κ1) is 20.1. The van der Waals surface area contributed by atoms with E-state index in [1.54, 1.807) is 23.7 Å². The Balaban J connectivity index is 1.68. The second kappa shape index (κ2) is 8.59. The normalized spacial score (nSPS) is 10.7. The number of hydrogen-bond donors (Lipinski definition) is 1. The number of nitrogens with zero attached hydrogens (tertiary/aromatic N) is 4. The molecule has 144 valence electrons. The average molecular weight is 438 g/mol. The second-order valence-electron chi connectivity index (χ2n) is 5.63. The summed E-state index contributed by atoms with van der Waals surface area (Å²) in [7, 11) is 1.78. The smallest absolute Gasteiger partial charge is 0.292 e. The van der Waals surface area contributed by atoms with Crippen molar-refractivity contribution >= 4 is 52.2 Å². The molecule has 0 aliphatic carbocycles. The number of anilines is 1. The number of amides is 1. The molecule has 28 heavy (non-hydrogen) atoms. The first-order chi connectivity index (χ1) is 13.3. The molecule has 0 atom stereocenters. The maximum atomic E-state index is 12.2. The Kier molecular flexibility index (Phi) is 6.18. The van der Waals surface area contributed by atoms with Gasteiger partial charge < -0.3 is 9.88 Å². The quantitative estimate of drug-likeness (QED) is 0.347. The lowest BCUT2D eigenvalue weighted by molar-refractivity contribution is -0.383.